The van der Waals surface area contributed by atoms with Crippen LogP contribution in [0, 0.1) is 5.92 Å². The Morgan fingerprint density at radius 1 is 1.15 bits per heavy atom. The third-order valence-electron chi connectivity index (χ3n) is 3.74. The number of rotatable bonds is 9. The van der Waals surface area contributed by atoms with Crippen LogP contribution in [0.3, 0.4) is 0 Å². The summed E-state index contributed by atoms with van der Waals surface area (Å²) >= 11 is 0. The van der Waals surface area contributed by atoms with Gasteiger partial charge in [0.25, 0.3) is 0 Å². The maximum Gasteiger partial charge on any atom is 0.0233 e. The van der Waals surface area contributed by atoms with Gasteiger partial charge in [0, 0.05) is 19.1 Å². The van der Waals surface area contributed by atoms with Gasteiger partial charge in [0.2, 0.25) is 0 Å². The predicted molar refractivity (Wildman–Crippen MR) is 88.8 cm³/mol. The molecule has 0 radical (unpaired) electrons. The molecule has 1 aromatic rings. The Kier molecular flexibility index (Phi) is 7.86. The van der Waals surface area contributed by atoms with E-state index >= 15 is 0 Å². The van der Waals surface area contributed by atoms with Crippen molar-refractivity contribution in [3.63, 3.8) is 0 Å². The van der Waals surface area contributed by atoms with Crippen molar-refractivity contribution in [2.45, 2.75) is 59.7 Å². The normalized spacial score (nSPS) is 13.2. The lowest BCUT2D eigenvalue weighted by atomic mass is 10.0. The van der Waals surface area contributed by atoms with Crippen LogP contribution in [0.4, 0.5) is 0 Å². The van der Waals surface area contributed by atoms with E-state index in [1.165, 1.54) is 24.0 Å². The van der Waals surface area contributed by atoms with Gasteiger partial charge in [-0.15, -0.1) is 0 Å². The van der Waals surface area contributed by atoms with E-state index in [1.807, 2.05) is 0 Å². The van der Waals surface area contributed by atoms with Crippen molar-refractivity contribution >= 4 is 0 Å². The minimum Gasteiger partial charge on any atom is -0.313 e. The molecular weight excluding hydrogens is 244 g/mol. The van der Waals surface area contributed by atoms with Gasteiger partial charge in [0.15, 0.2) is 0 Å². The van der Waals surface area contributed by atoms with Gasteiger partial charge in [0.1, 0.15) is 0 Å². The second-order valence-corrected chi connectivity index (χ2v) is 6.39. The van der Waals surface area contributed by atoms with E-state index in [9.17, 15) is 0 Å². The highest BCUT2D eigenvalue weighted by molar-refractivity contribution is 5.23. The highest BCUT2D eigenvalue weighted by Crippen LogP contribution is 2.14. The highest BCUT2D eigenvalue weighted by Gasteiger charge is 2.11. The van der Waals surface area contributed by atoms with Crippen molar-refractivity contribution in [1.29, 1.82) is 0 Å². The Hall–Kier alpha value is -0.860. The maximum atomic E-state index is 3.47. The van der Waals surface area contributed by atoms with E-state index in [1.54, 1.807) is 0 Å². The first-order valence-electron chi connectivity index (χ1n) is 8.01. The molecule has 2 nitrogen and oxygen atoms in total. The van der Waals surface area contributed by atoms with Crippen LogP contribution in [-0.2, 0) is 13.1 Å². The summed E-state index contributed by atoms with van der Waals surface area (Å²) in [6, 6.07) is 9.60. The molecule has 1 aromatic carbocycles. The largest absolute Gasteiger partial charge is 0.313 e. The minimum atomic E-state index is 0.636. The molecule has 0 aromatic heterocycles. The number of nitrogens with one attached hydrogen (secondary N) is 1. The molecule has 1 rings (SSSR count). The van der Waals surface area contributed by atoms with Crippen LogP contribution < -0.4 is 5.32 Å². The second-order valence-electron chi connectivity index (χ2n) is 6.39. The molecule has 0 aliphatic heterocycles. The lowest BCUT2D eigenvalue weighted by Crippen LogP contribution is -2.29. The molecule has 20 heavy (non-hydrogen) atoms. The van der Waals surface area contributed by atoms with Gasteiger partial charge in [-0.05, 0) is 50.4 Å². The molecule has 0 spiro atoms. The first-order valence-corrected chi connectivity index (χ1v) is 8.01. The van der Waals surface area contributed by atoms with Gasteiger partial charge in [-0.2, -0.15) is 0 Å². The molecule has 1 N–H and O–H groups in total. The Morgan fingerprint density at radius 3 is 2.50 bits per heavy atom. The summed E-state index contributed by atoms with van der Waals surface area (Å²) in [7, 11) is 2.23. The predicted octanol–water partition coefficient (Wildman–Crippen LogP) is 4.05. The van der Waals surface area contributed by atoms with E-state index < -0.39 is 0 Å². The number of hydrogen-bond donors (Lipinski definition) is 1. The maximum absolute atomic E-state index is 3.47. The first-order chi connectivity index (χ1) is 9.52. The van der Waals surface area contributed by atoms with Crippen LogP contribution in [0.1, 0.15) is 51.7 Å². The SMILES string of the molecule is CCCNCc1cccc(CN(C)C(C)CC(C)C)c1. The second kappa shape index (κ2) is 9.15. The van der Waals surface area contributed by atoms with Gasteiger partial charge in [-0.25, -0.2) is 0 Å². The van der Waals surface area contributed by atoms with E-state index in [0.717, 1.165) is 25.6 Å². The van der Waals surface area contributed by atoms with Gasteiger partial charge < -0.3 is 5.32 Å². The molecule has 0 amide bonds. The van der Waals surface area contributed by atoms with E-state index in [0.29, 0.717) is 6.04 Å². The quantitative estimate of drug-likeness (QED) is 0.684. The molecule has 114 valence electrons. The Morgan fingerprint density at radius 2 is 1.85 bits per heavy atom. The molecule has 1 unspecified atom stereocenters. The third-order valence-corrected chi connectivity index (χ3v) is 3.74. The third kappa shape index (κ3) is 6.53. The molecule has 0 heterocycles. The lowest BCUT2D eigenvalue weighted by Gasteiger charge is -2.26. The number of benzene rings is 1. The van der Waals surface area contributed by atoms with Gasteiger partial charge in [0.05, 0.1) is 0 Å². The molecule has 0 saturated heterocycles. The zero-order valence-electron chi connectivity index (χ0n) is 13.9. The van der Waals surface area contributed by atoms with Crippen molar-refractivity contribution in [2.24, 2.45) is 5.92 Å². The molecule has 0 fully saturated rings. The molecule has 2 heteroatoms. The summed E-state index contributed by atoms with van der Waals surface area (Å²) in [6.07, 6.45) is 2.45. The Balaban J connectivity index is 2.52. The fourth-order valence-corrected chi connectivity index (χ4v) is 2.55. The molecule has 0 aliphatic carbocycles. The van der Waals surface area contributed by atoms with Crippen molar-refractivity contribution in [1.82, 2.24) is 10.2 Å². The smallest absolute Gasteiger partial charge is 0.0233 e. The topological polar surface area (TPSA) is 15.3 Å². The van der Waals surface area contributed by atoms with Gasteiger partial charge in [-0.1, -0.05) is 45.0 Å². The van der Waals surface area contributed by atoms with E-state index in [-0.39, 0.29) is 0 Å². The summed E-state index contributed by atoms with van der Waals surface area (Å²) < 4.78 is 0. The van der Waals surface area contributed by atoms with Gasteiger partial charge >= 0.3 is 0 Å². The standard InChI is InChI=1S/C18H32N2/c1-6-10-19-13-17-8-7-9-18(12-17)14-20(5)16(4)11-15(2)3/h7-9,12,15-16,19H,6,10-11,13-14H2,1-5H3. The van der Waals surface area contributed by atoms with Crippen molar-refractivity contribution in [2.75, 3.05) is 13.6 Å². The van der Waals surface area contributed by atoms with Gasteiger partial charge in [-0.3, -0.25) is 4.90 Å². The van der Waals surface area contributed by atoms with Crippen LogP contribution in [-0.4, -0.2) is 24.5 Å². The summed E-state index contributed by atoms with van der Waals surface area (Å²) in [4.78, 5) is 2.46. The van der Waals surface area contributed by atoms with Crippen molar-refractivity contribution < 1.29 is 0 Å². The zero-order chi connectivity index (χ0) is 15.0. The average Bonchev–Trinajstić information content (AvgIpc) is 2.38. The van der Waals surface area contributed by atoms with Crippen LogP contribution >= 0.6 is 0 Å². The van der Waals surface area contributed by atoms with Crippen molar-refractivity contribution in [3.05, 3.63) is 35.4 Å². The molecule has 1 atom stereocenters. The van der Waals surface area contributed by atoms with Crippen LogP contribution in [0.5, 0.6) is 0 Å². The number of hydrogen-bond acceptors (Lipinski definition) is 2. The fraction of sp³-hybridized carbons (Fsp3) is 0.667. The molecule has 0 saturated carbocycles. The van der Waals surface area contributed by atoms with E-state index in [2.05, 4.69) is 69.2 Å². The monoisotopic (exact) mass is 276 g/mol. The van der Waals surface area contributed by atoms with Crippen LogP contribution in [0.2, 0.25) is 0 Å². The van der Waals surface area contributed by atoms with Crippen molar-refractivity contribution in [3.8, 4) is 0 Å². The van der Waals surface area contributed by atoms with Crippen LogP contribution in [0.15, 0.2) is 24.3 Å². The summed E-state index contributed by atoms with van der Waals surface area (Å²) in [6.45, 7) is 12.2. The Bertz CT molecular complexity index is 373. The highest BCUT2D eigenvalue weighted by atomic mass is 15.1. The summed E-state index contributed by atoms with van der Waals surface area (Å²) in [5.74, 6) is 0.761. The Labute approximate surface area is 125 Å². The fourth-order valence-electron chi connectivity index (χ4n) is 2.55. The molecule has 0 aliphatic rings. The molecular formula is C18H32N2. The summed E-state index contributed by atoms with van der Waals surface area (Å²) in [5, 5.41) is 3.47. The first kappa shape index (κ1) is 17.2. The summed E-state index contributed by atoms with van der Waals surface area (Å²) in [5.41, 5.74) is 2.81. The number of nitrogens with zero attached hydrogens (tertiary/aromatic N) is 1. The molecule has 0 bridgehead atoms. The lowest BCUT2D eigenvalue weighted by molar-refractivity contribution is 0.220. The average molecular weight is 276 g/mol. The van der Waals surface area contributed by atoms with Crippen LogP contribution in [0.25, 0.3) is 0 Å². The minimum absolute atomic E-state index is 0.636. The zero-order valence-corrected chi connectivity index (χ0v) is 13.9. The van der Waals surface area contributed by atoms with E-state index in [4.69, 9.17) is 0 Å².